The van der Waals surface area contributed by atoms with Crippen LogP contribution >= 0.6 is 0 Å². The smallest absolute Gasteiger partial charge is 0.434 e. The van der Waals surface area contributed by atoms with E-state index in [2.05, 4.69) is 0 Å². The lowest BCUT2D eigenvalue weighted by atomic mass is 10.1. The van der Waals surface area contributed by atoms with E-state index in [0.29, 0.717) is 17.7 Å². The lowest BCUT2D eigenvalue weighted by Crippen LogP contribution is -2.11. The number of fused-ring (bicyclic) bond motifs is 1. The Morgan fingerprint density at radius 2 is 2.24 bits per heavy atom. The van der Waals surface area contributed by atoms with Crippen LogP contribution in [0.4, 0.5) is 4.79 Å². The summed E-state index contributed by atoms with van der Waals surface area (Å²) in [7, 11) is 0. The third-order valence-corrected chi connectivity index (χ3v) is 2.81. The molecule has 4 heteroatoms. The number of rotatable bonds is 2. The summed E-state index contributed by atoms with van der Waals surface area (Å²) in [6.45, 7) is 3.85. The molecule has 1 aromatic rings. The molecule has 0 radical (unpaired) electrons. The van der Waals surface area contributed by atoms with Crippen LogP contribution in [0.25, 0.3) is 0 Å². The molecule has 0 heterocycles. The summed E-state index contributed by atoms with van der Waals surface area (Å²) in [5, 5.41) is 0. The van der Waals surface area contributed by atoms with Crippen molar-refractivity contribution in [3.8, 4) is 5.75 Å². The van der Waals surface area contributed by atoms with E-state index in [1.807, 2.05) is 6.92 Å². The summed E-state index contributed by atoms with van der Waals surface area (Å²) in [4.78, 5) is 23.0. The van der Waals surface area contributed by atoms with E-state index < -0.39 is 6.16 Å². The van der Waals surface area contributed by atoms with Gasteiger partial charge in [-0.3, -0.25) is 4.79 Å². The van der Waals surface area contributed by atoms with E-state index in [-0.39, 0.29) is 18.3 Å². The molecule has 0 N–H and O–H groups in total. The van der Waals surface area contributed by atoms with Gasteiger partial charge in [0.1, 0.15) is 5.75 Å². The molecule has 1 aliphatic carbocycles. The molecular weight excluding hydrogens is 220 g/mol. The number of ketones is 1. The Kier molecular flexibility index (Phi) is 3.13. The second-order valence-corrected chi connectivity index (χ2v) is 4.04. The number of carbonyl (C=O) groups excluding carboxylic acids is 2. The van der Waals surface area contributed by atoms with Crippen molar-refractivity contribution in [1.29, 1.82) is 0 Å². The van der Waals surface area contributed by atoms with Crippen molar-refractivity contribution in [1.82, 2.24) is 0 Å². The molecule has 0 fully saturated rings. The maximum atomic E-state index is 11.8. The van der Waals surface area contributed by atoms with Crippen LogP contribution in [-0.2, 0) is 11.2 Å². The molecule has 0 amide bonds. The summed E-state index contributed by atoms with van der Waals surface area (Å²) >= 11 is 0. The fourth-order valence-electron chi connectivity index (χ4n) is 2.00. The van der Waals surface area contributed by atoms with Gasteiger partial charge in [-0.2, -0.15) is 0 Å². The first-order chi connectivity index (χ1) is 8.13. The van der Waals surface area contributed by atoms with Crippen molar-refractivity contribution in [2.75, 3.05) is 6.61 Å². The maximum Gasteiger partial charge on any atom is 0.513 e. The minimum Gasteiger partial charge on any atom is -0.434 e. The van der Waals surface area contributed by atoms with E-state index in [1.165, 1.54) is 0 Å². The molecule has 4 nitrogen and oxygen atoms in total. The van der Waals surface area contributed by atoms with Gasteiger partial charge in [-0.15, -0.1) is 0 Å². The maximum absolute atomic E-state index is 11.8. The molecule has 1 unspecified atom stereocenters. The second kappa shape index (κ2) is 4.57. The van der Waals surface area contributed by atoms with Gasteiger partial charge in [0.25, 0.3) is 0 Å². The number of benzene rings is 1. The molecule has 0 aromatic heterocycles. The highest BCUT2D eigenvalue weighted by Gasteiger charge is 2.30. The first-order valence-electron chi connectivity index (χ1n) is 5.64. The minimum absolute atomic E-state index is 0.0445. The quantitative estimate of drug-likeness (QED) is 0.583. The topological polar surface area (TPSA) is 52.6 Å². The van der Waals surface area contributed by atoms with Crippen molar-refractivity contribution >= 4 is 11.9 Å². The average molecular weight is 234 g/mol. The molecular formula is C13H14O4. The number of carbonyl (C=O) groups is 2. The number of hydrogen-bond donors (Lipinski definition) is 0. The third-order valence-electron chi connectivity index (χ3n) is 2.81. The highest BCUT2D eigenvalue weighted by molar-refractivity contribution is 6.02. The largest absolute Gasteiger partial charge is 0.513 e. The Balaban J connectivity index is 2.26. The van der Waals surface area contributed by atoms with Gasteiger partial charge in [-0.1, -0.05) is 19.1 Å². The SMILES string of the molecule is CCOC(=O)Oc1cccc2c1CC(C)C2=O. The van der Waals surface area contributed by atoms with Gasteiger partial charge in [0.05, 0.1) is 6.61 Å². The van der Waals surface area contributed by atoms with Crippen molar-refractivity contribution in [3.05, 3.63) is 29.3 Å². The van der Waals surface area contributed by atoms with Crippen LogP contribution in [0, 0.1) is 5.92 Å². The van der Waals surface area contributed by atoms with Gasteiger partial charge in [-0.25, -0.2) is 4.79 Å². The summed E-state index contributed by atoms with van der Waals surface area (Å²) in [5.74, 6) is 0.491. The second-order valence-electron chi connectivity index (χ2n) is 4.04. The molecule has 0 saturated heterocycles. The van der Waals surface area contributed by atoms with Gasteiger partial charge in [0.2, 0.25) is 0 Å². The zero-order valence-electron chi connectivity index (χ0n) is 9.86. The average Bonchev–Trinajstić information content (AvgIpc) is 2.58. The Morgan fingerprint density at radius 3 is 2.94 bits per heavy atom. The van der Waals surface area contributed by atoms with Crippen LogP contribution in [0.3, 0.4) is 0 Å². The first-order valence-corrected chi connectivity index (χ1v) is 5.64. The van der Waals surface area contributed by atoms with Crippen molar-refractivity contribution < 1.29 is 19.1 Å². The molecule has 1 atom stereocenters. The zero-order valence-corrected chi connectivity index (χ0v) is 9.86. The van der Waals surface area contributed by atoms with Gasteiger partial charge in [-0.05, 0) is 19.4 Å². The van der Waals surface area contributed by atoms with Gasteiger partial charge in [0.15, 0.2) is 5.78 Å². The van der Waals surface area contributed by atoms with Gasteiger partial charge in [0, 0.05) is 17.0 Å². The van der Waals surface area contributed by atoms with Gasteiger partial charge < -0.3 is 9.47 Å². The summed E-state index contributed by atoms with van der Waals surface area (Å²) in [6, 6.07) is 5.16. The number of ether oxygens (including phenoxy) is 2. The first kappa shape index (κ1) is 11.6. The van der Waals surface area contributed by atoms with Crippen LogP contribution < -0.4 is 4.74 Å². The third kappa shape index (κ3) is 2.16. The standard InChI is InChI=1S/C13H14O4/c1-3-16-13(15)17-11-6-4-5-9-10(11)7-8(2)12(9)14/h4-6,8H,3,7H2,1-2H3. The highest BCUT2D eigenvalue weighted by atomic mass is 16.7. The summed E-state index contributed by atoms with van der Waals surface area (Å²) in [6.07, 6.45) is -0.114. The molecule has 0 spiro atoms. The van der Waals surface area contributed by atoms with Crippen molar-refractivity contribution in [3.63, 3.8) is 0 Å². The normalized spacial score (nSPS) is 17.8. The fourth-order valence-corrected chi connectivity index (χ4v) is 2.00. The molecule has 1 aromatic carbocycles. The lowest BCUT2D eigenvalue weighted by molar-refractivity contribution is 0.0945. The Bertz CT molecular complexity index is 464. The minimum atomic E-state index is -0.729. The van der Waals surface area contributed by atoms with Crippen LogP contribution in [0.5, 0.6) is 5.75 Å². The number of Topliss-reactive ketones (excluding diaryl/α,β-unsaturated/α-hetero) is 1. The molecule has 0 bridgehead atoms. The van der Waals surface area contributed by atoms with Gasteiger partial charge >= 0.3 is 6.16 Å². The lowest BCUT2D eigenvalue weighted by Gasteiger charge is -2.07. The summed E-state index contributed by atoms with van der Waals surface area (Å²) < 4.78 is 9.79. The molecule has 1 aliphatic rings. The Morgan fingerprint density at radius 1 is 1.47 bits per heavy atom. The van der Waals surface area contributed by atoms with E-state index in [0.717, 1.165) is 5.56 Å². The van der Waals surface area contributed by atoms with E-state index >= 15 is 0 Å². The van der Waals surface area contributed by atoms with Crippen LogP contribution in [0.1, 0.15) is 29.8 Å². The highest BCUT2D eigenvalue weighted by Crippen LogP contribution is 2.33. The molecule has 90 valence electrons. The predicted molar refractivity (Wildman–Crippen MR) is 61.3 cm³/mol. The van der Waals surface area contributed by atoms with Crippen molar-refractivity contribution in [2.45, 2.75) is 20.3 Å². The van der Waals surface area contributed by atoms with E-state index in [9.17, 15) is 9.59 Å². The van der Waals surface area contributed by atoms with Crippen molar-refractivity contribution in [2.24, 2.45) is 5.92 Å². The van der Waals surface area contributed by atoms with Crippen LogP contribution in [0.2, 0.25) is 0 Å². The van der Waals surface area contributed by atoms with Crippen LogP contribution in [0.15, 0.2) is 18.2 Å². The monoisotopic (exact) mass is 234 g/mol. The molecule has 2 rings (SSSR count). The van der Waals surface area contributed by atoms with E-state index in [4.69, 9.17) is 9.47 Å². The van der Waals surface area contributed by atoms with Crippen LogP contribution in [-0.4, -0.2) is 18.5 Å². The zero-order chi connectivity index (χ0) is 12.4. The number of hydrogen-bond acceptors (Lipinski definition) is 4. The Hall–Kier alpha value is -1.84. The fraction of sp³-hybridized carbons (Fsp3) is 0.385. The summed E-state index contributed by atoms with van der Waals surface area (Å²) in [5.41, 5.74) is 1.46. The predicted octanol–water partition coefficient (Wildman–Crippen LogP) is 2.60. The molecule has 0 saturated carbocycles. The van der Waals surface area contributed by atoms with E-state index in [1.54, 1.807) is 25.1 Å². The molecule has 0 aliphatic heterocycles. The Labute approximate surface area is 99.5 Å². The molecule has 17 heavy (non-hydrogen) atoms.